The molecule has 1 saturated carbocycles. The van der Waals surface area contributed by atoms with Crippen LogP contribution in [0, 0.1) is 5.92 Å². The molecule has 224 valence electrons. The van der Waals surface area contributed by atoms with Crippen molar-refractivity contribution in [3.8, 4) is 11.4 Å². The van der Waals surface area contributed by atoms with Gasteiger partial charge >= 0.3 is 12.7 Å². The van der Waals surface area contributed by atoms with Gasteiger partial charge in [-0.15, -0.1) is 0 Å². The predicted molar refractivity (Wildman–Crippen MR) is 149 cm³/mol. The summed E-state index contributed by atoms with van der Waals surface area (Å²) >= 11 is 0. The number of aromatic amines is 1. The Balaban J connectivity index is 0.000000794. The lowest BCUT2D eigenvalue weighted by Crippen LogP contribution is -2.51. The molecule has 2 unspecified atom stereocenters. The van der Waals surface area contributed by atoms with E-state index in [4.69, 9.17) is 15.8 Å². The Morgan fingerprint density at radius 2 is 1.98 bits per heavy atom. The van der Waals surface area contributed by atoms with Crippen molar-refractivity contribution in [1.82, 2.24) is 29.9 Å². The number of carbonyl (C=O) groups excluding carboxylic acids is 1. The van der Waals surface area contributed by atoms with Crippen LogP contribution in [-0.4, -0.2) is 84.5 Å². The largest absolute Gasteiger partial charge is 0.393 e. The molecule has 6 rings (SSSR count). The quantitative estimate of drug-likeness (QED) is 0.358. The maximum absolute atomic E-state index is 13.2. The van der Waals surface area contributed by atoms with Gasteiger partial charge in [0.15, 0.2) is 5.82 Å². The molecule has 5 N–H and O–H groups in total. The van der Waals surface area contributed by atoms with E-state index in [9.17, 15) is 23.1 Å². The average molecular weight is 578 g/mol. The molecule has 3 aromatic heterocycles. The molecule has 11 nitrogen and oxygen atoms in total. The summed E-state index contributed by atoms with van der Waals surface area (Å²) in [5.41, 5.74) is 8.92. The Bertz CT molecular complexity index is 1380. The van der Waals surface area contributed by atoms with Gasteiger partial charge in [0.25, 0.3) is 0 Å². The van der Waals surface area contributed by atoms with Crippen LogP contribution in [0.15, 0.2) is 18.5 Å². The lowest BCUT2D eigenvalue weighted by atomic mass is 9.98. The van der Waals surface area contributed by atoms with Gasteiger partial charge in [0.1, 0.15) is 5.69 Å². The first-order valence-corrected chi connectivity index (χ1v) is 14.0. The van der Waals surface area contributed by atoms with Crippen LogP contribution in [0.2, 0.25) is 0 Å². The molecular weight excluding hydrogens is 539 g/mol. The maximum Gasteiger partial charge on any atom is 0.379 e. The molecule has 3 fully saturated rings. The van der Waals surface area contributed by atoms with Gasteiger partial charge in [-0.25, -0.2) is 4.79 Å². The van der Waals surface area contributed by atoms with Crippen molar-refractivity contribution in [2.45, 2.75) is 83.3 Å². The molecule has 1 aliphatic carbocycles. The van der Waals surface area contributed by atoms with Gasteiger partial charge in [0.05, 0.1) is 34.6 Å². The normalized spacial score (nSPS) is 23.4. The number of amides is 2. The van der Waals surface area contributed by atoms with Crippen molar-refractivity contribution >= 4 is 28.4 Å². The van der Waals surface area contributed by atoms with E-state index in [0.717, 1.165) is 55.6 Å². The van der Waals surface area contributed by atoms with Crippen LogP contribution in [0.3, 0.4) is 0 Å². The van der Waals surface area contributed by atoms with E-state index < -0.39 is 6.68 Å². The van der Waals surface area contributed by atoms with E-state index in [1.807, 2.05) is 17.2 Å². The smallest absolute Gasteiger partial charge is 0.379 e. The lowest BCUT2D eigenvalue weighted by Gasteiger charge is -2.38. The topological polar surface area (TPSA) is 141 Å². The van der Waals surface area contributed by atoms with Gasteiger partial charge in [0.2, 0.25) is 0 Å². The zero-order chi connectivity index (χ0) is 29.5. The number of hydrogen-bond acceptors (Lipinski definition) is 7. The molecule has 3 aromatic rings. The highest BCUT2D eigenvalue weighted by Crippen LogP contribution is 2.48. The number of piperidine rings is 1. The summed E-state index contributed by atoms with van der Waals surface area (Å²) in [6.45, 7) is 5.74. The van der Waals surface area contributed by atoms with Crippen LogP contribution < -0.4 is 16.0 Å². The Labute approximate surface area is 236 Å². The summed E-state index contributed by atoms with van der Waals surface area (Å²) in [6, 6.07) is 1.87. The molecular formula is C27H38F3N9O2. The lowest BCUT2D eigenvalue weighted by molar-refractivity contribution is 0.00817. The maximum atomic E-state index is 13.2. The average Bonchev–Trinajstić information content (AvgIpc) is 3.20. The third-order valence-corrected chi connectivity index (χ3v) is 8.04. The number of H-pyrrole nitrogens is 1. The van der Waals surface area contributed by atoms with Crippen LogP contribution in [0.25, 0.3) is 22.3 Å². The van der Waals surface area contributed by atoms with E-state index in [1.54, 1.807) is 6.20 Å². The summed E-state index contributed by atoms with van der Waals surface area (Å²) in [5, 5.41) is 26.4. The van der Waals surface area contributed by atoms with Crippen LogP contribution in [0.5, 0.6) is 0 Å². The van der Waals surface area contributed by atoms with E-state index in [2.05, 4.69) is 45.9 Å². The fraction of sp³-hybridized carbons (Fsp3) is 0.630. The number of nitrogens with one attached hydrogen (secondary N) is 2. The molecule has 41 heavy (non-hydrogen) atoms. The van der Waals surface area contributed by atoms with Gasteiger partial charge in [-0.3, -0.25) is 14.8 Å². The SMILES string of the molecule is CC(C)Cn1nc(N2CCC(C)(N)C2)c2cnc(-c3[nH]ncc3NC(=O)N3CCC(O)CC34CC4)cc21.FC(F)F. The number of pyridine rings is 1. The highest BCUT2D eigenvalue weighted by Gasteiger charge is 2.53. The minimum absolute atomic E-state index is 0.154. The summed E-state index contributed by atoms with van der Waals surface area (Å²) in [4.78, 5) is 22.1. The zero-order valence-electron chi connectivity index (χ0n) is 23.6. The van der Waals surface area contributed by atoms with Crippen LogP contribution in [0.1, 0.15) is 52.9 Å². The predicted octanol–water partition coefficient (Wildman–Crippen LogP) is 4.10. The number of anilines is 2. The number of fused-ring (bicyclic) bond motifs is 1. The Hall–Kier alpha value is -3.39. The van der Waals surface area contributed by atoms with Gasteiger partial charge in [0, 0.05) is 43.5 Å². The standard InChI is InChI=1S/C26H37N9O2.CHF3/c1-16(2)14-35-21-10-19(28-12-18(21)23(32-35)33-9-7-25(3,27)15-33)22-20(13-29-31-22)30-24(37)34-8-4-17(36)11-26(34)5-6-26;2-1(3)4/h10,12-13,16-17,36H,4-9,11,14-15,27H2,1-3H3,(H,29,31)(H,30,37);1H. The van der Waals surface area contributed by atoms with E-state index >= 15 is 0 Å². The second-order valence-electron chi connectivity index (χ2n) is 12.2. The molecule has 2 amide bonds. The Morgan fingerprint density at radius 3 is 2.61 bits per heavy atom. The highest BCUT2D eigenvalue weighted by molar-refractivity contribution is 5.96. The van der Waals surface area contributed by atoms with Crippen LogP contribution in [0.4, 0.5) is 29.5 Å². The number of halogens is 3. The third kappa shape index (κ3) is 6.27. The Morgan fingerprint density at radius 1 is 1.24 bits per heavy atom. The van der Waals surface area contributed by atoms with Gasteiger partial charge < -0.3 is 26.0 Å². The zero-order valence-corrected chi connectivity index (χ0v) is 23.6. The molecule has 14 heteroatoms. The molecule has 3 aliphatic rings. The summed E-state index contributed by atoms with van der Waals surface area (Å²) in [7, 11) is 0. The number of alkyl halides is 3. The van der Waals surface area contributed by atoms with Gasteiger partial charge in [-0.1, -0.05) is 13.8 Å². The first-order valence-electron chi connectivity index (χ1n) is 14.0. The van der Waals surface area contributed by atoms with Crippen LogP contribution >= 0.6 is 0 Å². The molecule has 0 radical (unpaired) electrons. The van der Waals surface area contributed by atoms with Crippen molar-refractivity contribution in [3.63, 3.8) is 0 Å². The minimum Gasteiger partial charge on any atom is -0.393 e. The molecule has 1 spiro atoms. The highest BCUT2D eigenvalue weighted by atomic mass is 19.4. The molecule has 0 bridgehead atoms. The fourth-order valence-corrected chi connectivity index (χ4v) is 5.93. The van der Waals surface area contributed by atoms with Crippen molar-refractivity contribution < 1.29 is 23.1 Å². The summed E-state index contributed by atoms with van der Waals surface area (Å²) in [5.74, 6) is 1.34. The van der Waals surface area contributed by atoms with Crippen molar-refractivity contribution in [2.75, 3.05) is 29.9 Å². The van der Waals surface area contributed by atoms with Crippen LogP contribution in [-0.2, 0) is 6.54 Å². The number of nitrogens with two attached hydrogens (primary N) is 1. The van der Waals surface area contributed by atoms with Crippen molar-refractivity contribution in [2.24, 2.45) is 11.7 Å². The second kappa shape index (κ2) is 11.1. The molecule has 2 saturated heterocycles. The molecule has 2 atom stereocenters. The van der Waals surface area contributed by atoms with Gasteiger partial charge in [-0.05, 0) is 51.0 Å². The minimum atomic E-state index is -3.67. The van der Waals surface area contributed by atoms with E-state index in [-0.39, 0.29) is 23.2 Å². The number of hydrogen-bond donors (Lipinski definition) is 4. The first kappa shape index (κ1) is 29.1. The number of rotatable bonds is 5. The fourth-order valence-electron chi connectivity index (χ4n) is 5.93. The van der Waals surface area contributed by atoms with Crippen molar-refractivity contribution in [3.05, 3.63) is 18.5 Å². The molecule has 5 heterocycles. The van der Waals surface area contributed by atoms with E-state index in [0.29, 0.717) is 42.4 Å². The number of urea groups is 1. The number of likely N-dealkylation sites (tertiary alicyclic amines) is 1. The number of aliphatic hydroxyl groups is 1. The molecule has 2 aliphatic heterocycles. The monoisotopic (exact) mass is 577 g/mol. The van der Waals surface area contributed by atoms with Gasteiger partial charge in [-0.2, -0.15) is 23.4 Å². The Kier molecular flexibility index (Phi) is 7.90. The third-order valence-electron chi connectivity index (χ3n) is 8.04. The summed E-state index contributed by atoms with van der Waals surface area (Å²) in [6.07, 6.45) is 7.23. The molecule has 0 aromatic carbocycles. The number of nitrogens with zero attached hydrogens (tertiary/aromatic N) is 6. The number of aliphatic hydroxyl groups excluding tert-OH is 1. The first-order chi connectivity index (χ1) is 19.4. The number of carbonyl (C=O) groups is 1. The van der Waals surface area contributed by atoms with Crippen molar-refractivity contribution in [1.29, 1.82) is 0 Å². The van der Waals surface area contributed by atoms with E-state index in [1.165, 1.54) is 0 Å². The summed E-state index contributed by atoms with van der Waals surface area (Å²) < 4.78 is 31.1. The number of aromatic nitrogens is 5. The second-order valence-corrected chi connectivity index (χ2v) is 12.2.